The lowest BCUT2D eigenvalue weighted by atomic mass is 10.00. The summed E-state index contributed by atoms with van der Waals surface area (Å²) in [5, 5.41) is 11.5. The fraction of sp³-hybridized carbons (Fsp3) is 0.417. The van der Waals surface area contributed by atoms with Crippen LogP contribution in [0.3, 0.4) is 0 Å². The molecule has 1 aliphatic heterocycles. The van der Waals surface area contributed by atoms with Gasteiger partial charge in [-0.1, -0.05) is 11.3 Å². The lowest BCUT2D eigenvalue weighted by Crippen LogP contribution is -2.64. The molecule has 1 aromatic rings. The van der Waals surface area contributed by atoms with Gasteiger partial charge in [0, 0.05) is 6.92 Å². The molecule has 1 aromatic heterocycles. The minimum Gasteiger partial charge on any atom is -0.476 e. The van der Waals surface area contributed by atoms with Crippen molar-refractivity contribution in [3.05, 3.63) is 10.6 Å². The number of carboxylic acids is 1. The van der Waals surface area contributed by atoms with E-state index in [1.54, 1.807) is 13.8 Å². The number of imide groups is 1. The monoisotopic (exact) mass is 311 g/mol. The van der Waals surface area contributed by atoms with Crippen LogP contribution >= 0.6 is 11.3 Å². The number of carboxylic acid groups (broad SMARTS) is 1. The summed E-state index contributed by atoms with van der Waals surface area (Å²) in [5.74, 6) is -2.76. The maximum atomic E-state index is 11.9. The van der Waals surface area contributed by atoms with Gasteiger partial charge >= 0.3 is 5.97 Å². The molecule has 0 aliphatic carbocycles. The number of thiazole rings is 1. The molecule has 112 valence electrons. The number of aromatic nitrogens is 1. The van der Waals surface area contributed by atoms with Crippen molar-refractivity contribution in [1.29, 1.82) is 0 Å². The zero-order valence-electron chi connectivity index (χ0n) is 11.6. The molecule has 0 bridgehead atoms. The second kappa shape index (κ2) is 4.92. The van der Waals surface area contributed by atoms with Crippen molar-refractivity contribution >= 4 is 40.0 Å². The van der Waals surface area contributed by atoms with Gasteiger partial charge in [-0.2, -0.15) is 0 Å². The van der Waals surface area contributed by atoms with E-state index >= 15 is 0 Å². The van der Waals surface area contributed by atoms with E-state index in [2.05, 4.69) is 10.3 Å². The van der Waals surface area contributed by atoms with Crippen molar-refractivity contribution < 1.29 is 24.3 Å². The molecule has 8 nitrogen and oxygen atoms in total. The summed E-state index contributed by atoms with van der Waals surface area (Å²) in [4.78, 5) is 51.4. The number of nitrogens with one attached hydrogen (secondary N) is 1. The van der Waals surface area contributed by atoms with E-state index in [-0.39, 0.29) is 22.2 Å². The number of hydrogen-bond acceptors (Lipinski definition) is 7. The van der Waals surface area contributed by atoms with Crippen LogP contribution < -0.4 is 10.2 Å². The average molecular weight is 311 g/mol. The van der Waals surface area contributed by atoms with Crippen LogP contribution in [0.5, 0.6) is 0 Å². The number of Topliss-reactive ketones (excluding diaryl/α,β-unsaturated/α-hetero) is 1. The highest BCUT2D eigenvalue weighted by molar-refractivity contribution is 7.17. The van der Waals surface area contributed by atoms with Crippen molar-refractivity contribution in [2.45, 2.75) is 26.3 Å². The van der Waals surface area contributed by atoms with Gasteiger partial charge in [0.25, 0.3) is 5.91 Å². The molecule has 0 saturated carbocycles. The van der Waals surface area contributed by atoms with Gasteiger partial charge in [-0.25, -0.2) is 9.78 Å². The third-order valence-electron chi connectivity index (χ3n) is 3.15. The maximum Gasteiger partial charge on any atom is 0.356 e. The number of hydrogen-bond donors (Lipinski definition) is 2. The average Bonchev–Trinajstić information content (AvgIpc) is 2.79. The normalized spacial score (nSPS) is 17.6. The Kier molecular flexibility index (Phi) is 3.54. The summed E-state index contributed by atoms with van der Waals surface area (Å²) in [6.07, 6.45) is 0. The summed E-state index contributed by atoms with van der Waals surface area (Å²) in [6, 6.07) is 0. The predicted molar refractivity (Wildman–Crippen MR) is 73.7 cm³/mol. The summed E-state index contributed by atoms with van der Waals surface area (Å²) < 4.78 is 0. The smallest absolute Gasteiger partial charge is 0.356 e. The van der Waals surface area contributed by atoms with Gasteiger partial charge in [0.1, 0.15) is 17.0 Å². The number of nitrogens with zero attached hydrogens (tertiary/aromatic N) is 2. The molecule has 2 N–H and O–H groups in total. The lowest BCUT2D eigenvalue weighted by Gasteiger charge is -2.39. The molecule has 1 aliphatic rings. The molecular weight excluding hydrogens is 298 g/mol. The fourth-order valence-electron chi connectivity index (χ4n) is 1.90. The Morgan fingerprint density at radius 3 is 2.48 bits per heavy atom. The van der Waals surface area contributed by atoms with E-state index in [9.17, 15) is 19.2 Å². The SMILES string of the molecule is CC(=O)c1sc(N2CC(=O)NC(=O)C2(C)C)nc1C(=O)O. The molecule has 1 fully saturated rings. The molecule has 0 radical (unpaired) electrons. The highest BCUT2D eigenvalue weighted by Crippen LogP contribution is 2.32. The number of aromatic carboxylic acids is 1. The topological polar surface area (TPSA) is 117 Å². The van der Waals surface area contributed by atoms with Crippen LogP contribution in [0.4, 0.5) is 5.13 Å². The van der Waals surface area contributed by atoms with E-state index in [0.29, 0.717) is 0 Å². The molecule has 2 heterocycles. The molecule has 9 heteroatoms. The molecule has 1 saturated heterocycles. The van der Waals surface area contributed by atoms with Crippen molar-refractivity contribution in [3.8, 4) is 0 Å². The van der Waals surface area contributed by atoms with Crippen molar-refractivity contribution in [2.24, 2.45) is 0 Å². The van der Waals surface area contributed by atoms with Gasteiger partial charge in [-0.15, -0.1) is 0 Å². The third-order valence-corrected chi connectivity index (χ3v) is 4.33. The van der Waals surface area contributed by atoms with Gasteiger partial charge < -0.3 is 10.0 Å². The lowest BCUT2D eigenvalue weighted by molar-refractivity contribution is -0.135. The Morgan fingerprint density at radius 2 is 2.00 bits per heavy atom. The first-order chi connectivity index (χ1) is 9.64. The maximum absolute atomic E-state index is 11.9. The second-order valence-electron chi connectivity index (χ2n) is 5.06. The molecule has 0 spiro atoms. The number of rotatable bonds is 3. The molecule has 2 amide bonds. The van der Waals surface area contributed by atoms with E-state index in [4.69, 9.17) is 5.11 Å². The van der Waals surface area contributed by atoms with Crippen LogP contribution in [0.2, 0.25) is 0 Å². The summed E-state index contributed by atoms with van der Waals surface area (Å²) in [7, 11) is 0. The van der Waals surface area contributed by atoms with Gasteiger partial charge in [-0.05, 0) is 13.8 Å². The zero-order chi connectivity index (χ0) is 15.9. The Bertz CT molecular complexity index is 632. The van der Waals surface area contributed by atoms with Gasteiger partial charge in [0.2, 0.25) is 5.91 Å². The first-order valence-electron chi connectivity index (χ1n) is 6.01. The molecule has 0 unspecified atom stereocenters. The Balaban J connectivity index is 2.52. The zero-order valence-corrected chi connectivity index (χ0v) is 12.4. The molecular formula is C12H13N3O5S. The third kappa shape index (κ3) is 2.51. The van der Waals surface area contributed by atoms with Crippen molar-refractivity contribution in [1.82, 2.24) is 10.3 Å². The molecule has 0 aromatic carbocycles. The van der Waals surface area contributed by atoms with Crippen molar-refractivity contribution in [2.75, 3.05) is 11.4 Å². The number of ketones is 1. The van der Waals surface area contributed by atoms with Crippen molar-refractivity contribution in [3.63, 3.8) is 0 Å². The number of amides is 2. The van der Waals surface area contributed by atoms with E-state index in [0.717, 1.165) is 11.3 Å². The van der Waals surface area contributed by atoms with Gasteiger partial charge in [0.05, 0.1) is 0 Å². The summed E-state index contributed by atoms with van der Waals surface area (Å²) in [5.41, 5.74) is -1.44. The molecule has 0 atom stereocenters. The second-order valence-corrected chi connectivity index (χ2v) is 6.04. The number of anilines is 1. The van der Waals surface area contributed by atoms with Gasteiger partial charge in [-0.3, -0.25) is 19.7 Å². The Morgan fingerprint density at radius 1 is 1.38 bits per heavy atom. The summed E-state index contributed by atoms with van der Waals surface area (Å²) >= 11 is 0.861. The molecule has 2 rings (SSSR count). The van der Waals surface area contributed by atoms with Crippen LogP contribution in [0, 0.1) is 0 Å². The van der Waals surface area contributed by atoms with E-state index in [1.807, 2.05) is 0 Å². The van der Waals surface area contributed by atoms with Gasteiger partial charge in [0.15, 0.2) is 16.6 Å². The van der Waals surface area contributed by atoms with Crippen LogP contribution in [-0.4, -0.2) is 45.7 Å². The number of piperazine rings is 1. The minimum atomic E-state index is -1.33. The van der Waals surface area contributed by atoms with Crippen LogP contribution in [0.15, 0.2) is 0 Å². The number of carbonyl (C=O) groups is 4. The Labute approximate surface area is 123 Å². The highest BCUT2D eigenvalue weighted by Gasteiger charge is 2.43. The minimum absolute atomic E-state index is 0.00766. The molecule has 21 heavy (non-hydrogen) atoms. The highest BCUT2D eigenvalue weighted by atomic mass is 32.1. The van der Waals surface area contributed by atoms with Crippen LogP contribution in [-0.2, 0) is 9.59 Å². The standard InChI is InChI=1S/C12H13N3O5S/c1-5(16)8-7(9(18)19)14-11(21-8)15-4-6(17)13-10(20)12(15,2)3/h4H2,1-3H3,(H,18,19)(H,13,17,20). The first-order valence-corrected chi connectivity index (χ1v) is 6.83. The Hall–Kier alpha value is -2.29. The van der Waals surface area contributed by atoms with Crippen LogP contribution in [0.25, 0.3) is 0 Å². The predicted octanol–water partition coefficient (Wildman–Crippen LogP) is 0.285. The van der Waals surface area contributed by atoms with E-state index in [1.165, 1.54) is 11.8 Å². The quantitative estimate of drug-likeness (QED) is 0.608. The fourth-order valence-corrected chi connectivity index (χ4v) is 2.99. The summed E-state index contributed by atoms with van der Waals surface area (Å²) in [6.45, 7) is 4.28. The van der Waals surface area contributed by atoms with E-state index < -0.39 is 29.1 Å². The largest absolute Gasteiger partial charge is 0.476 e. The first kappa shape index (κ1) is 15.1. The van der Waals surface area contributed by atoms with Crippen LogP contribution in [0.1, 0.15) is 40.9 Å². The number of carbonyl (C=O) groups excluding carboxylic acids is 3.